The predicted octanol–water partition coefficient (Wildman–Crippen LogP) is 4.08. The number of nitrogens with one attached hydrogen (secondary N) is 1. The largest absolute Gasteiger partial charge is 0.508 e. The molecule has 0 spiro atoms. The van der Waals surface area contributed by atoms with Crippen molar-refractivity contribution in [3.8, 4) is 5.75 Å². The Morgan fingerprint density at radius 2 is 1.60 bits per heavy atom. The average Bonchev–Trinajstić information content (AvgIpc) is 2.39. The molecular formula is C16H17F2NO. The van der Waals surface area contributed by atoms with Gasteiger partial charge in [-0.3, -0.25) is 0 Å². The molecule has 0 saturated carbocycles. The fourth-order valence-electron chi connectivity index (χ4n) is 2.18. The van der Waals surface area contributed by atoms with Crippen molar-refractivity contribution in [1.29, 1.82) is 0 Å². The van der Waals surface area contributed by atoms with Gasteiger partial charge in [0.05, 0.1) is 0 Å². The van der Waals surface area contributed by atoms with Gasteiger partial charge < -0.3 is 10.4 Å². The van der Waals surface area contributed by atoms with E-state index in [1.54, 1.807) is 18.2 Å². The number of hydrogen-bond acceptors (Lipinski definition) is 2. The minimum atomic E-state index is -0.448. The van der Waals surface area contributed by atoms with Crippen molar-refractivity contribution in [2.24, 2.45) is 0 Å². The highest BCUT2D eigenvalue weighted by atomic mass is 19.1. The van der Waals surface area contributed by atoms with Gasteiger partial charge in [-0.25, -0.2) is 8.78 Å². The summed E-state index contributed by atoms with van der Waals surface area (Å²) in [5, 5.41) is 12.5. The molecule has 106 valence electrons. The van der Waals surface area contributed by atoms with Crippen LogP contribution in [0.5, 0.6) is 5.75 Å². The fourth-order valence-corrected chi connectivity index (χ4v) is 2.18. The van der Waals surface area contributed by atoms with Crippen LogP contribution in [0, 0.1) is 11.6 Å². The Morgan fingerprint density at radius 3 is 2.20 bits per heavy atom. The van der Waals surface area contributed by atoms with Gasteiger partial charge in [-0.1, -0.05) is 18.2 Å². The van der Waals surface area contributed by atoms with Crippen LogP contribution in [0.3, 0.4) is 0 Å². The molecule has 20 heavy (non-hydrogen) atoms. The van der Waals surface area contributed by atoms with E-state index in [4.69, 9.17) is 0 Å². The molecule has 0 aliphatic rings. The molecule has 0 bridgehead atoms. The van der Waals surface area contributed by atoms with Gasteiger partial charge in [0.1, 0.15) is 17.4 Å². The van der Waals surface area contributed by atoms with Crippen molar-refractivity contribution in [1.82, 2.24) is 5.32 Å². The maximum Gasteiger partial charge on any atom is 0.131 e. The van der Waals surface area contributed by atoms with Crippen LogP contribution in [0.4, 0.5) is 8.78 Å². The molecule has 0 aliphatic heterocycles. The van der Waals surface area contributed by atoms with E-state index in [0.29, 0.717) is 5.56 Å². The minimum Gasteiger partial charge on any atom is -0.508 e. The number of halogens is 2. The first-order chi connectivity index (χ1) is 9.47. The van der Waals surface area contributed by atoms with Crippen LogP contribution in [0.2, 0.25) is 0 Å². The zero-order chi connectivity index (χ0) is 14.7. The van der Waals surface area contributed by atoms with Crippen LogP contribution in [0.15, 0.2) is 42.5 Å². The van der Waals surface area contributed by atoms with Crippen LogP contribution in [0.25, 0.3) is 0 Å². The topological polar surface area (TPSA) is 32.3 Å². The van der Waals surface area contributed by atoms with Gasteiger partial charge in [0.25, 0.3) is 0 Å². The molecule has 2 aromatic rings. The Kier molecular flexibility index (Phi) is 4.35. The molecule has 1 unspecified atom stereocenters. The second kappa shape index (κ2) is 6.01. The van der Waals surface area contributed by atoms with E-state index in [2.05, 4.69) is 5.32 Å². The third-order valence-electron chi connectivity index (χ3n) is 3.32. The molecule has 0 radical (unpaired) electrons. The highest BCUT2D eigenvalue weighted by Crippen LogP contribution is 2.24. The first-order valence-electron chi connectivity index (χ1n) is 6.47. The summed E-state index contributed by atoms with van der Waals surface area (Å²) >= 11 is 0. The summed E-state index contributed by atoms with van der Waals surface area (Å²) < 4.78 is 26.6. The van der Waals surface area contributed by atoms with E-state index >= 15 is 0 Å². The normalized spacial score (nSPS) is 14.0. The molecule has 2 nitrogen and oxygen atoms in total. The summed E-state index contributed by atoms with van der Waals surface area (Å²) in [4.78, 5) is 0. The van der Waals surface area contributed by atoms with Crippen LogP contribution < -0.4 is 5.32 Å². The van der Waals surface area contributed by atoms with Crippen LogP contribution in [-0.4, -0.2) is 5.11 Å². The molecule has 0 amide bonds. The van der Waals surface area contributed by atoms with Crippen molar-refractivity contribution in [3.63, 3.8) is 0 Å². The molecular weight excluding hydrogens is 260 g/mol. The first-order valence-corrected chi connectivity index (χ1v) is 6.47. The van der Waals surface area contributed by atoms with Crippen LogP contribution >= 0.6 is 0 Å². The lowest BCUT2D eigenvalue weighted by Gasteiger charge is -2.21. The number of phenolic OH excluding ortho intramolecular Hbond substituents is 1. The van der Waals surface area contributed by atoms with Gasteiger partial charge in [-0.05, 0) is 37.6 Å². The lowest BCUT2D eigenvalue weighted by atomic mass is 10.0. The van der Waals surface area contributed by atoms with Gasteiger partial charge in [0, 0.05) is 23.7 Å². The molecule has 0 heterocycles. The Morgan fingerprint density at radius 1 is 0.950 bits per heavy atom. The lowest BCUT2D eigenvalue weighted by molar-refractivity contribution is 0.454. The van der Waals surface area contributed by atoms with Gasteiger partial charge in [-0.2, -0.15) is 0 Å². The highest BCUT2D eigenvalue weighted by molar-refractivity contribution is 5.30. The molecule has 0 saturated heterocycles. The second-order valence-corrected chi connectivity index (χ2v) is 4.87. The molecule has 0 fully saturated rings. The molecule has 2 N–H and O–H groups in total. The third kappa shape index (κ3) is 3.33. The van der Waals surface area contributed by atoms with Crippen LogP contribution in [0.1, 0.15) is 37.1 Å². The molecule has 0 aliphatic carbocycles. The number of rotatable bonds is 4. The van der Waals surface area contributed by atoms with Crippen molar-refractivity contribution < 1.29 is 13.9 Å². The number of hydrogen-bond donors (Lipinski definition) is 2. The maximum absolute atomic E-state index is 13.8. The second-order valence-electron chi connectivity index (χ2n) is 4.87. The van der Waals surface area contributed by atoms with E-state index < -0.39 is 5.82 Å². The number of aromatic hydroxyl groups is 1. The van der Waals surface area contributed by atoms with Crippen molar-refractivity contribution in [3.05, 3.63) is 65.2 Å². The maximum atomic E-state index is 13.8. The summed E-state index contributed by atoms with van der Waals surface area (Å²) in [6.45, 7) is 3.78. The van der Waals surface area contributed by atoms with E-state index in [-0.39, 0.29) is 23.7 Å². The van der Waals surface area contributed by atoms with E-state index in [9.17, 15) is 13.9 Å². The minimum absolute atomic E-state index is 0.0428. The summed E-state index contributed by atoms with van der Waals surface area (Å²) in [7, 11) is 0. The predicted molar refractivity (Wildman–Crippen MR) is 74.4 cm³/mol. The Balaban J connectivity index is 2.10. The highest BCUT2D eigenvalue weighted by Gasteiger charge is 2.14. The molecule has 2 aromatic carbocycles. The van der Waals surface area contributed by atoms with Gasteiger partial charge in [0.2, 0.25) is 0 Å². The Bertz CT molecular complexity index is 584. The van der Waals surface area contributed by atoms with Crippen LogP contribution in [-0.2, 0) is 0 Å². The molecule has 2 rings (SSSR count). The standard InChI is InChI=1S/C16H17F2NO/c1-10(12-3-5-13(17)6-4-12)19-11(2)15-8-7-14(20)9-16(15)18/h3-11,19-20H,1-2H3/t10-,11?/m0/s1. The summed E-state index contributed by atoms with van der Waals surface area (Å²) in [5.74, 6) is -0.820. The summed E-state index contributed by atoms with van der Waals surface area (Å²) in [6.07, 6.45) is 0. The average molecular weight is 277 g/mol. The molecule has 4 heteroatoms. The van der Waals surface area contributed by atoms with E-state index in [1.807, 2.05) is 13.8 Å². The van der Waals surface area contributed by atoms with E-state index in [0.717, 1.165) is 11.6 Å². The first kappa shape index (κ1) is 14.5. The number of phenols is 1. The third-order valence-corrected chi connectivity index (χ3v) is 3.32. The van der Waals surface area contributed by atoms with Gasteiger partial charge >= 0.3 is 0 Å². The monoisotopic (exact) mass is 277 g/mol. The quantitative estimate of drug-likeness (QED) is 0.882. The zero-order valence-corrected chi connectivity index (χ0v) is 11.4. The Labute approximate surface area is 117 Å². The summed E-state index contributed by atoms with van der Waals surface area (Å²) in [5.41, 5.74) is 1.41. The molecule has 0 aromatic heterocycles. The summed E-state index contributed by atoms with van der Waals surface area (Å²) in [6, 6.07) is 10.0. The van der Waals surface area contributed by atoms with E-state index in [1.165, 1.54) is 18.2 Å². The smallest absolute Gasteiger partial charge is 0.131 e. The van der Waals surface area contributed by atoms with Gasteiger partial charge in [-0.15, -0.1) is 0 Å². The van der Waals surface area contributed by atoms with Crippen molar-refractivity contribution in [2.45, 2.75) is 25.9 Å². The Hall–Kier alpha value is -1.94. The van der Waals surface area contributed by atoms with Crippen molar-refractivity contribution >= 4 is 0 Å². The fraction of sp³-hybridized carbons (Fsp3) is 0.250. The lowest BCUT2D eigenvalue weighted by Crippen LogP contribution is -2.23. The molecule has 2 atom stereocenters. The zero-order valence-electron chi connectivity index (χ0n) is 11.4. The van der Waals surface area contributed by atoms with Crippen molar-refractivity contribution in [2.75, 3.05) is 0 Å². The van der Waals surface area contributed by atoms with Gasteiger partial charge in [0.15, 0.2) is 0 Å². The number of benzene rings is 2. The SMILES string of the molecule is CC(N[C@@H](C)c1ccc(F)cc1)c1ccc(O)cc1F.